The average molecular weight is 563 g/mol. The second-order valence-corrected chi connectivity index (χ2v) is 11.4. The summed E-state index contributed by atoms with van der Waals surface area (Å²) in [5.74, 6) is 0. The second-order valence-electron chi connectivity index (χ2n) is 11.4. The standard InChI is InChI=1S/C43H30O/c1-3-10-30(11-4-1)26-31-18-20-34(21-19-31)36-27-37(35-24-22-33(23-25-35)32-12-5-2-6-13-32)29-38(28-36)39-15-9-16-41-40-14-7-8-17-42(40)44-43(39)41/h1-25,27-29H,26H2. The average Bonchev–Trinajstić information content (AvgIpc) is 3.48. The summed E-state index contributed by atoms with van der Waals surface area (Å²) in [7, 11) is 0. The van der Waals surface area contributed by atoms with Gasteiger partial charge in [0.05, 0.1) is 0 Å². The molecule has 208 valence electrons. The molecule has 0 fully saturated rings. The zero-order valence-corrected chi connectivity index (χ0v) is 24.3. The first-order chi connectivity index (χ1) is 21.8. The lowest BCUT2D eigenvalue weighted by Crippen LogP contribution is -1.89. The zero-order chi connectivity index (χ0) is 29.3. The topological polar surface area (TPSA) is 13.1 Å². The van der Waals surface area contributed by atoms with E-state index in [-0.39, 0.29) is 0 Å². The quantitative estimate of drug-likeness (QED) is 0.196. The van der Waals surface area contributed by atoms with Crippen molar-refractivity contribution in [3.63, 3.8) is 0 Å². The lowest BCUT2D eigenvalue weighted by Gasteiger charge is -2.13. The number of hydrogen-bond donors (Lipinski definition) is 0. The molecule has 1 aromatic heterocycles. The minimum absolute atomic E-state index is 0.914. The zero-order valence-electron chi connectivity index (χ0n) is 24.3. The Balaban J connectivity index is 1.24. The van der Waals surface area contributed by atoms with Gasteiger partial charge in [-0.25, -0.2) is 0 Å². The van der Waals surface area contributed by atoms with Crippen molar-refractivity contribution in [3.05, 3.63) is 181 Å². The summed E-state index contributed by atoms with van der Waals surface area (Å²) >= 11 is 0. The van der Waals surface area contributed by atoms with Gasteiger partial charge in [0.15, 0.2) is 0 Å². The predicted octanol–water partition coefficient (Wildman–Crippen LogP) is 11.8. The van der Waals surface area contributed by atoms with Crippen LogP contribution in [-0.2, 0) is 6.42 Å². The molecule has 7 aromatic carbocycles. The first-order valence-electron chi connectivity index (χ1n) is 15.1. The fraction of sp³-hybridized carbons (Fsp3) is 0.0233. The van der Waals surface area contributed by atoms with Gasteiger partial charge < -0.3 is 4.42 Å². The molecule has 1 heteroatoms. The maximum atomic E-state index is 6.47. The Hall–Kier alpha value is -5.66. The van der Waals surface area contributed by atoms with Crippen LogP contribution in [0.5, 0.6) is 0 Å². The number of fused-ring (bicyclic) bond motifs is 3. The van der Waals surface area contributed by atoms with Gasteiger partial charge in [-0.15, -0.1) is 0 Å². The van der Waals surface area contributed by atoms with Gasteiger partial charge in [-0.2, -0.15) is 0 Å². The highest BCUT2D eigenvalue weighted by Crippen LogP contribution is 2.39. The summed E-state index contributed by atoms with van der Waals surface area (Å²) in [5.41, 5.74) is 13.9. The van der Waals surface area contributed by atoms with Crippen LogP contribution >= 0.6 is 0 Å². The van der Waals surface area contributed by atoms with E-state index in [1.165, 1.54) is 44.5 Å². The molecule has 0 aliphatic rings. The van der Waals surface area contributed by atoms with Crippen molar-refractivity contribution < 1.29 is 4.42 Å². The van der Waals surface area contributed by atoms with E-state index in [0.29, 0.717) is 0 Å². The van der Waals surface area contributed by atoms with Gasteiger partial charge in [0, 0.05) is 16.3 Å². The molecular weight excluding hydrogens is 532 g/mol. The third-order valence-electron chi connectivity index (χ3n) is 8.51. The molecular formula is C43H30O. The van der Waals surface area contributed by atoms with Gasteiger partial charge in [0.25, 0.3) is 0 Å². The van der Waals surface area contributed by atoms with Crippen LogP contribution in [0.4, 0.5) is 0 Å². The highest BCUT2D eigenvalue weighted by Gasteiger charge is 2.14. The van der Waals surface area contributed by atoms with Crippen molar-refractivity contribution in [1.82, 2.24) is 0 Å². The van der Waals surface area contributed by atoms with Crippen LogP contribution in [0, 0.1) is 0 Å². The molecule has 8 rings (SSSR count). The van der Waals surface area contributed by atoms with Crippen molar-refractivity contribution >= 4 is 21.9 Å². The lowest BCUT2D eigenvalue weighted by molar-refractivity contribution is 0.670. The SMILES string of the molecule is c1ccc(Cc2ccc(-c3cc(-c4ccc(-c5ccccc5)cc4)cc(-c4cccc5c4oc4ccccc45)c3)cc2)cc1. The first kappa shape index (κ1) is 26.0. The monoisotopic (exact) mass is 562 g/mol. The Morgan fingerprint density at radius 1 is 0.341 bits per heavy atom. The molecule has 0 aliphatic carbocycles. The summed E-state index contributed by atoms with van der Waals surface area (Å²) < 4.78 is 6.47. The van der Waals surface area contributed by atoms with Gasteiger partial charge in [0.1, 0.15) is 11.2 Å². The van der Waals surface area contributed by atoms with Crippen LogP contribution < -0.4 is 0 Å². The molecule has 0 spiro atoms. The summed E-state index contributed by atoms with van der Waals surface area (Å²) in [5, 5.41) is 2.29. The van der Waals surface area contributed by atoms with Gasteiger partial charge in [-0.3, -0.25) is 0 Å². The Morgan fingerprint density at radius 3 is 1.55 bits per heavy atom. The number of benzene rings is 7. The number of para-hydroxylation sites is 2. The fourth-order valence-electron chi connectivity index (χ4n) is 6.22. The summed E-state index contributed by atoms with van der Waals surface area (Å²) in [6.07, 6.45) is 0.925. The van der Waals surface area contributed by atoms with Crippen molar-refractivity contribution in [2.45, 2.75) is 6.42 Å². The molecule has 0 unspecified atom stereocenters. The molecule has 0 saturated heterocycles. The maximum Gasteiger partial charge on any atom is 0.143 e. The van der Waals surface area contributed by atoms with E-state index < -0.39 is 0 Å². The predicted molar refractivity (Wildman–Crippen MR) is 185 cm³/mol. The molecule has 1 heterocycles. The number of rotatable bonds is 6. The molecule has 8 aromatic rings. The molecule has 0 saturated carbocycles. The highest BCUT2D eigenvalue weighted by molar-refractivity contribution is 6.09. The van der Waals surface area contributed by atoms with E-state index in [9.17, 15) is 0 Å². The molecule has 1 nitrogen and oxygen atoms in total. The van der Waals surface area contributed by atoms with Crippen LogP contribution in [0.15, 0.2) is 174 Å². The summed E-state index contributed by atoms with van der Waals surface area (Å²) in [4.78, 5) is 0. The Kier molecular flexibility index (Phi) is 6.62. The van der Waals surface area contributed by atoms with Crippen LogP contribution in [0.3, 0.4) is 0 Å². The van der Waals surface area contributed by atoms with Crippen molar-refractivity contribution in [1.29, 1.82) is 0 Å². The van der Waals surface area contributed by atoms with Crippen molar-refractivity contribution in [3.8, 4) is 44.5 Å². The second kappa shape index (κ2) is 11.2. The van der Waals surface area contributed by atoms with Gasteiger partial charge >= 0.3 is 0 Å². The minimum Gasteiger partial charge on any atom is -0.455 e. The third-order valence-corrected chi connectivity index (χ3v) is 8.51. The molecule has 44 heavy (non-hydrogen) atoms. The van der Waals surface area contributed by atoms with E-state index in [0.717, 1.165) is 39.5 Å². The Labute approximate surface area is 257 Å². The molecule has 0 radical (unpaired) electrons. The minimum atomic E-state index is 0.914. The maximum absolute atomic E-state index is 6.47. The largest absolute Gasteiger partial charge is 0.455 e. The van der Waals surface area contributed by atoms with Gasteiger partial charge in [0.2, 0.25) is 0 Å². The Morgan fingerprint density at radius 2 is 0.841 bits per heavy atom. The van der Waals surface area contributed by atoms with Crippen LogP contribution in [0.1, 0.15) is 11.1 Å². The molecule has 0 N–H and O–H groups in total. The number of hydrogen-bond acceptors (Lipinski definition) is 1. The smallest absolute Gasteiger partial charge is 0.143 e. The molecule has 0 atom stereocenters. The van der Waals surface area contributed by atoms with Gasteiger partial charge in [-0.05, 0) is 80.8 Å². The number of furan rings is 1. The van der Waals surface area contributed by atoms with Gasteiger partial charge in [-0.1, -0.05) is 146 Å². The summed E-state index contributed by atoms with van der Waals surface area (Å²) in [6.45, 7) is 0. The van der Waals surface area contributed by atoms with Crippen molar-refractivity contribution in [2.24, 2.45) is 0 Å². The molecule has 0 bridgehead atoms. The van der Waals surface area contributed by atoms with E-state index in [2.05, 4.69) is 158 Å². The third kappa shape index (κ3) is 4.99. The van der Waals surface area contributed by atoms with E-state index >= 15 is 0 Å². The van der Waals surface area contributed by atoms with Crippen molar-refractivity contribution in [2.75, 3.05) is 0 Å². The first-order valence-corrected chi connectivity index (χ1v) is 15.1. The fourth-order valence-corrected chi connectivity index (χ4v) is 6.22. The normalized spacial score (nSPS) is 11.3. The lowest BCUT2D eigenvalue weighted by atomic mass is 9.91. The van der Waals surface area contributed by atoms with E-state index in [1.54, 1.807) is 0 Å². The van der Waals surface area contributed by atoms with Crippen LogP contribution in [0.25, 0.3) is 66.4 Å². The Bertz CT molecular complexity index is 2210. The van der Waals surface area contributed by atoms with E-state index in [1.807, 2.05) is 12.1 Å². The highest BCUT2D eigenvalue weighted by atomic mass is 16.3. The molecule has 0 aliphatic heterocycles. The molecule has 0 amide bonds. The van der Waals surface area contributed by atoms with E-state index in [4.69, 9.17) is 4.42 Å². The summed E-state index contributed by atoms with van der Waals surface area (Å²) in [6, 6.07) is 60.8. The van der Waals surface area contributed by atoms with Crippen LogP contribution in [0.2, 0.25) is 0 Å². The van der Waals surface area contributed by atoms with Crippen LogP contribution in [-0.4, -0.2) is 0 Å².